The number of hydrogen-bond acceptors (Lipinski definition) is 2. The van der Waals surface area contributed by atoms with Crippen molar-refractivity contribution in [2.24, 2.45) is 0 Å². The molecule has 2 aromatic carbocycles. The maximum absolute atomic E-state index is 12.4. The van der Waals surface area contributed by atoms with E-state index in [1.807, 2.05) is 41.8 Å². The summed E-state index contributed by atoms with van der Waals surface area (Å²) in [6, 6.07) is 16.6. The van der Waals surface area contributed by atoms with E-state index in [-0.39, 0.29) is 18.2 Å². The summed E-state index contributed by atoms with van der Waals surface area (Å²) in [4.78, 5) is 24.4. The van der Waals surface area contributed by atoms with Crippen molar-refractivity contribution in [2.45, 2.75) is 19.9 Å². The summed E-state index contributed by atoms with van der Waals surface area (Å²) in [5.41, 5.74) is 7.25. The van der Waals surface area contributed by atoms with Crippen molar-refractivity contribution in [1.82, 2.24) is 15.4 Å². The number of fused-ring (bicyclic) bond motifs is 1. The molecule has 25 heavy (non-hydrogen) atoms. The lowest BCUT2D eigenvalue weighted by atomic mass is 10.1. The van der Waals surface area contributed by atoms with Gasteiger partial charge in [0.2, 0.25) is 5.91 Å². The summed E-state index contributed by atoms with van der Waals surface area (Å²) in [7, 11) is 0. The van der Waals surface area contributed by atoms with Gasteiger partial charge in [0.05, 0.1) is 6.42 Å². The number of nitrogens with zero attached hydrogens (tertiary/aromatic N) is 1. The fraction of sp³-hybridized carbons (Fsp3) is 0.158. The number of hydrogen-bond donors (Lipinski definition) is 2. The van der Waals surface area contributed by atoms with Crippen molar-refractivity contribution in [3.05, 3.63) is 70.9 Å². The van der Waals surface area contributed by atoms with Gasteiger partial charge >= 0.3 is 0 Å². The van der Waals surface area contributed by atoms with Gasteiger partial charge in [-0.05, 0) is 36.8 Å². The van der Waals surface area contributed by atoms with Gasteiger partial charge in [-0.25, -0.2) is 0 Å². The molecular formula is C19H18ClN3O2. The molecule has 2 amide bonds. The maximum Gasteiger partial charge on any atom is 0.286 e. The number of rotatable bonds is 4. The lowest BCUT2D eigenvalue weighted by molar-refractivity contribution is -0.121. The molecular weight excluding hydrogens is 338 g/mol. The lowest BCUT2D eigenvalue weighted by Gasteiger charge is -2.10. The summed E-state index contributed by atoms with van der Waals surface area (Å²) in [5.74, 6) is -0.641. The first kappa shape index (κ1) is 17.0. The number of para-hydroxylation sites is 1. The van der Waals surface area contributed by atoms with E-state index >= 15 is 0 Å². The number of halogens is 1. The SMILES string of the molecule is CCn1c(C(=O)NNC(=O)Cc2ccc(Cl)cc2)cc2ccccc21. The third kappa shape index (κ3) is 3.83. The molecule has 3 aromatic rings. The fourth-order valence-electron chi connectivity index (χ4n) is 2.76. The van der Waals surface area contributed by atoms with Gasteiger partial charge in [0.25, 0.3) is 5.91 Å². The molecule has 0 atom stereocenters. The summed E-state index contributed by atoms with van der Waals surface area (Å²) in [5, 5.41) is 1.60. The first-order chi connectivity index (χ1) is 12.1. The van der Waals surface area contributed by atoms with Crippen LogP contribution in [0.4, 0.5) is 0 Å². The molecule has 0 aliphatic carbocycles. The highest BCUT2D eigenvalue weighted by Crippen LogP contribution is 2.19. The molecule has 6 heteroatoms. The van der Waals surface area contributed by atoms with Gasteiger partial charge in [0.1, 0.15) is 5.69 Å². The second kappa shape index (κ2) is 7.40. The topological polar surface area (TPSA) is 63.1 Å². The van der Waals surface area contributed by atoms with Gasteiger partial charge in [0, 0.05) is 22.5 Å². The van der Waals surface area contributed by atoms with E-state index in [4.69, 9.17) is 11.6 Å². The van der Waals surface area contributed by atoms with Crippen LogP contribution in [0.1, 0.15) is 23.0 Å². The molecule has 0 aliphatic heterocycles. The number of nitrogens with one attached hydrogen (secondary N) is 2. The standard InChI is InChI=1S/C19H18ClN3O2/c1-2-23-16-6-4-3-5-14(16)12-17(23)19(25)22-21-18(24)11-13-7-9-15(20)10-8-13/h3-10,12H,2,11H2,1H3,(H,21,24)(H,22,25). The summed E-state index contributed by atoms with van der Waals surface area (Å²) in [6.45, 7) is 2.64. The monoisotopic (exact) mass is 355 g/mol. The van der Waals surface area contributed by atoms with Crippen molar-refractivity contribution in [2.75, 3.05) is 0 Å². The third-order valence-corrected chi connectivity index (χ3v) is 4.20. The van der Waals surface area contributed by atoms with E-state index in [9.17, 15) is 9.59 Å². The molecule has 0 unspecified atom stereocenters. The minimum atomic E-state index is -0.345. The highest BCUT2D eigenvalue weighted by Gasteiger charge is 2.15. The molecule has 128 valence electrons. The van der Waals surface area contributed by atoms with Gasteiger partial charge in [-0.15, -0.1) is 0 Å². The van der Waals surface area contributed by atoms with Crippen molar-refractivity contribution < 1.29 is 9.59 Å². The van der Waals surface area contributed by atoms with Crippen LogP contribution in [0, 0.1) is 0 Å². The summed E-state index contributed by atoms with van der Waals surface area (Å²) >= 11 is 5.82. The van der Waals surface area contributed by atoms with Crippen LogP contribution in [0.25, 0.3) is 10.9 Å². The molecule has 0 saturated heterocycles. The number of carbonyl (C=O) groups excluding carboxylic acids is 2. The second-order valence-electron chi connectivity index (χ2n) is 5.64. The first-order valence-corrected chi connectivity index (χ1v) is 8.38. The van der Waals surface area contributed by atoms with E-state index < -0.39 is 0 Å². The van der Waals surface area contributed by atoms with Crippen LogP contribution >= 0.6 is 11.6 Å². The Kier molecular flexibility index (Phi) is 5.05. The van der Waals surface area contributed by atoms with Gasteiger partial charge in [-0.1, -0.05) is 41.9 Å². The average Bonchev–Trinajstić information content (AvgIpc) is 3.00. The smallest absolute Gasteiger partial charge is 0.286 e. The Morgan fingerprint density at radius 1 is 1.04 bits per heavy atom. The van der Waals surface area contributed by atoms with E-state index in [0.717, 1.165) is 16.5 Å². The number of aromatic nitrogens is 1. The van der Waals surface area contributed by atoms with Crippen LogP contribution in [0.15, 0.2) is 54.6 Å². The predicted octanol–water partition coefficient (Wildman–Crippen LogP) is 3.32. The fourth-order valence-corrected chi connectivity index (χ4v) is 2.89. The van der Waals surface area contributed by atoms with Gasteiger partial charge in [0.15, 0.2) is 0 Å². The third-order valence-electron chi connectivity index (χ3n) is 3.95. The van der Waals surface area contributed by atoms with Crippen molar-refractivity contribution >= 4 is 34.3 Å². The molecule has 0 aliphatic rings. The van der Waals surface area contributed by atoms with Gasteiger partial charge in [-0.2, -0.15) is 0 Å². The zero-order valence-corrected chi connectivity index (χ0v) is 14.5. The van der Waals surface area contributed by atoms with E-state index in [1.54, 1.807) is 24.3 Å². The highest BCUT2D eigenvalue weighted by atomic mass is 35.5. The number of carbonyl (C=O) groups is 2. The average molecular weight is 356 g/mol. The number of hydrazine groups is 1. The molecule has 2 N–H and O–H groups in total. The highest BCUT2D eigenvalue weighted by molar-refractivity contribution is 6.30. The van der Waals surface area contributed by atoms with Crippen LogP contribution in [0.5, 0.6) is 0 Å². The molecule has 1 heterocycles. The van der Waals surface area contributed by atoms with Crippen molar-refractivity contribution in [1.29, 1.82) is 0 Å². The zero-order chi connectivity index (χ0) is 17.8. The van der Waals surface area contributed by atoms with E-state index in [0.29, 0.717) is 17.3 Å². The van der Waals surface area contributed by atoms with Gasteiger partial charge < -0.3 is 4.57 Å². The lowest BCUT2D eigenvalue weighted by Crippen LogP contribution is -2.43. The molecule has 0 radical (unpaired) electrons. The zero-order valence-electron chi connectivity index (χ0n) is 13.8. The molecule has 0 saturated carbocycles. The first-order valence-electron chi connectivity index (χ1n) is 8.00. The quantitative estimate of drug-likeness (QED) is 0.705. The Labute approximate surface area is 150 Å². The molecule has 0 bridgehead atoms. The molecule has 0 spiro atoms. The second-order valence-corrected chi connectivity index (χ2v) is 6.07. The minimum Gasteiger partial charge on any atom is -0.337 e. The van der Waals surface area contributed by atoms with Crippen LogP contribution in [-0.2, 0) is 17.8 Å². The number of amides is 2. The molecule has 1 aromatic heterocycles. The summed E-state index contributed by atoms with van der Waals surface area (Å²) < 4.78 is 1.91. The van der Waals surface area contributed by atoms with Crippen LogP contribution in [0.2, 0.25) is 5.02 Å². The predicted molar refractivity (Wildman–Crippen MR) is 98.4 cm³/mol. The molecule has 0 fully saturated rings. The van der Waals surface area contributed by atoms with E-state index in [2.05, 4.69) is 10.9 Å². The maximum atomic E-state index is 12.4. The van der Waals surface area contributed by atoms with Crippen molar-refractivity contribution in [3.8, 4) is 0 Å². The number of benzene rings is 2. The number of aryl methyl sites for hydroxylation is 1. The van der Waals surface area contributed by atoms with E-state index in [1.165, 1.54) is 0 Å². The van der Waals surface area contributed by atoms with Crippen LogP contribution in [-0.4, -0.2) is 16.4 Å². The largest absolute Gasteiger partial charge is 0.337 e. The molecule has 5 nitrogen and oxygen atoms in total. The normalized spacial score (nSPS) is 10.6. The summed E-state index contributed by atoms with van der Waals surface area (Å²) in [6.07, 6.45) is 0.161. The Balaban J connectivity index is 1.66. The van der Waals surface area contributed by atoms with Gasteiger partial charge in [-0.3, -0.25) is 20.4 Å². The Bertz CT molecular complexity index is 916. The van der Waals surface area contributed by atoms with Crippen molar-refractivity contribution in [3.63, 3.8) is 0 Å². The Morgan fingerprint density at radius 3 is 2.48 bits per heavy atom. The Hall–Kier alpha value is -2.79. The van der Waals surface area contributed by atoms with Crippen LogP contribution in [0.3, 0.4) is 0 Å². The molecule has 3 rings (SSSR count). The minimum absolute atomic E-state index is 0.161. The van der Waals surface area contributed by atoms with Crippen LogP contribution < -0.4 is 10.9 Å². The Morgan fingerprint density at radius 2 is 1.76 bits per heavy atom.